The molecule has 1 aromatic carbocycles. The smallest absolute Gasteiger partial charge is 0.0984 e. The minimum atomic E-state index is -0.127. The highest BCUT2D eigenvalue weighted by molar-refractivity contribution is 9.10. The van der Waals surface area contributed by atoms with Gasteiger partial charge in [0.1, 0.15) is 0 Å². The van der Waals surface area contributed by atoms with Crippen LogP contribution in [0.3, 0.4) is 0 Å². The van der Waals surface area contributed by atoms with Gasteiger partial charge in [0.25, 0.3) is 0 Å². The predicted molar refractivity (Wildman–Crippen MR) is 75.7 cm³/mol. The van der Waals surface area contributed by atoms with Crippen LogP contribution in [0.15, 0.2) is 22.7 Å². The molecular weight excluding hydrogens is 296 g/mol. The number of ether oxygens (including phenoxy) is 1. The van der Waals surface area contributed by atoms with Crippen molar-refractivity contribution >= 4 is 21.6 Å². The summed E-state index contributed by atoms with van der Waals surface area (Å²) in [6.07, 6.45) is -0.0149. The number of aliphatic hydroxyl groups excluding tert-OH is 1. The molecule has 4 nitrogen and oxygen atoms in total. The van der Waals surface area contributed by atoms with Gasteiger partial charge in [-0.3, -0.25) is 0 Å². The standard InChI is InChI=1S/C13H19BrN2O2/c1-9-6-16(7-12(8-17)18-9)13-4-11(14)3-2-10(13)5-15/h2-4,9,12,17H,5-8,15H2,1H3. The average Bonchev–Trinajstić information content (AvgIpc) is 2.38. The summed E-state index contributed by atoms with van der Waals surface area (Å²) in [6, 6.07) is 6.11. The first kappa shape index (κ1) is 13.8. The van der Waals surface area contributed by atoms with Crippen molar-refractivity contribution in [1.29, 1.82) is 0 Å². The van der Waals surface area contributed by atoms with Gasteiger partial charge in [-0.15, -0.1) is 0 Å². The van der Waals surface area contributed by atoms with Crippen molar-refractivity contribution < 1.29 is 9.84 Å². The molecule has 2 rings (SSSR count). The van der Waals surface area contributed by atoms with Crippen LogP contribution in [-0.2, 0) is 11.3 Å². The zero-order chi connectivity index (χ0) is 13.1. The quantitative estimate of drug-likeness (QED) is 0.887. The molecule has 1 saturated heterocycles. The van der Waals surface area contributed by atoms with Crippen LogP contribution in [0, 0.1) is 0 Å². The highest BCUT2D eigenvalue weighted by atomic mass is 79.9. The Balaban J connectivity index is 2.26. The molecular formula is C13H19BrN2O2. The highest BCUT2D eigenvalue weighted by Gasteiger charge is 2.26. The fourth-order valence-corrected chi connectivity index (χ4v) is 2.70. The normalized spacial score (nSPS) is 24.3. The lowest BCUT2D eigenvalue weighted by Gasteiger charge is -2.38. The van der Waals surface area contributed by atoms with Crippen molar-refractivity contribution in [1.82, 2.24) is 0 Å². The number of nitrogens with zero attached hydrogens (tertiary/aromatic N) is 1. The molecule has 18 heavy (non-hydrogen) atoms. The maximum Gasteiger partial charge on any atom is 0.0984 e. The van der Waals surface area contributed by atoms with E-state index in [-0.39, 0.29) is 18.8 Å². The van der Waals surface area contributed by atoms with Crippen LogP contribution in [0.4, 0.5) is 5.69 Å². The minimum Gasteiger partial charge on any atom is -0.394 e. The summed E-state index contributed by atoms with van der Waals surface area (Å²) in [6.45, 7) is 4.10. The van der Waals surface area contributed by atoms with Crippen molar-refractivity contribution in [3.05, 3.63) is 28.2 Å². The number of benzene rings is 1. The molecule has 2 atom stereocenters. The Bertz CT molecular complexity index is 414. The second-order valence-electron chi connectivity index (χ2n) is 4.63. The monoisotopic (exact) mass is 314 g/mol. The number of hydrogen-bond acceptors (Lipinski definition) is 4. The molecule has 5 heteroatoms. The van der Waals surface area contributed by atoms with Crippen molar-refractivity contribution in [2.24, 2.45) is 5.73 Å². The van der Waals surface area contributed by atoms with E-state index in [4.69, 9.17) is 10.5 Å². The zero-order valence-electron chi connectivity index (χ0n) is 10.5. The van der Waals surface area contributed by atoms with Gasteiger partial charge >= 0.3 is 0 Å². The first-order valence-electron chi connectivity index (χ1n) is 6.13. The van der Waals surface area contributed by atoms with E-state index in [1.807, 2.05) is 19.1 Å². The Morgan fingerprint density at radius 1 is 1.50 bits per heavy atom. The number of halogens is 1. The van der Waals surface area contributed by atoms with E-state index in [0.717, 1.165) is 22.3 Å². The van der Waals surface area contributed by atoms with Crippen molar-refractivity contribution in [2.45, 2.75) is 25.7 Å². The summed E-state index contributed by atoms with van der Waals surface area (Å²) in [5, 5.41) is 9.27. The average molecular weight is 315 g/mol. The number of hydrogen-bond donors (Lipinski definition) is 2. The Morgan fingerprint density at radius 3 is 2.94 bits per heavy atom. The van der Waals surface area contributed by atoms with Gasteiger partial charge in [0.05, 0.1) is 18.8 Å². The van der Waals surface area contributed by atoms with Crippen molar-refractivity contribution in [3.8, 4) is 0 Å². The SMILES string of the molecule is CC1CN(c2cc(Br)ccc2CN)CC(CO)O1. The lowest BCUT2D eigenvalue weighted by atomic mass is 10.1. The van der Waals surface area contributed by atoms with E-state index >= 15 is 0 Å². The summed E-state index contributed by atoms with van der Waals surface area (Å²) >= 11 is 3.49. The maximum atomic E-state index is 9.27. The number of nitrogens with two attached hydrogens (primary N) is 1. The minimum absolute atomic E-state index is 0.0484. The fraction of sp³-hybridized carbons (Fsp3) is 0.538. The maximum absolute atomic E-state index is 9.27. The Kier molecular flexibility index (Phi) is 4.61. The van der Waals surface area contributed by atoms with Gasteiger partial charge in [-0.05, 0) is 24.6 Å². The summed E-state index contributed by atoms with van der Waals surface area (Å²) in [5.74, 6) is 0. The molecule has 0 spiro atoms. The van der Waals surface area contributed by atoms with Gasteiger partial charge in [-0.1, -0.05) is 22.0 Å². The largest absolute Gasteiger partial charge is 0.394 e. The molecule has 3 N–H and O–H groups in total. The van der Waals surface area contributed by atoms with Crippen molar-refractivity contribution in [2.75, 3.05) is 24.6 Å². The van der Waals surface area contributed by atoms with Crippen LogP contribution in [0.1, 0.15) is 12.5 Å². The van der Waals surface area contributed by atoms with Crippen LogP contribution in [0.2, 0.25) is 0 Å². The molecule has 1 fully saturated rings. The van der Waals surface area contributed by atoms with Gasteiger partial charge in [-0.25, -0.2) is 0 Å². The third-order valence-electron chi connectivity index (χ3n) is 3.14. The molecule has 1 aliphatic heterocycles. The highest BCUT2D eigenvalue weighted by Crippen LogP contribution is 2.27. The van der Waals surface area contributed by atoms with Gasteiger partial charge < -0.3 is 20.5 Å². The molecule has 1 aliphatic rings. The first-order valence-corrected chi connectivity index (χ1v) is 6.93. The van der Waals surface area contributed by atoms with Crippen LogP contribution in [-0.4, -0.2) is 37.0 Å². The van der Waals surface area contributed by atoms with Crippen LogP contribution in [0.25, 0.3) is 0 Å². The van der Waals surface area contributed by atoms with E-state index in [2.05, 4.69) is 26.9 Å². The Morgan fingerprint density at radius 2 is 2.28 bits per heavy atom. The molecule has 100 valence electrons. The zero-order valence-corrected chi connectivity index (χ0v) is 12.1. The molecule has 0 amide bonds. The van der Waals surface area contributed by atoms with E-state index in [1.165, 1.54) is 0 Å². The first-order chi connectivity index (χ1) is 8.63. The van der Waals surface area contributed by atoms with Gasteiger partial charge in [0.2, 0.25) is 0 Å². The van der Waals surface area contributed by atoms with Gasteiger partial charge in [0.15, 0.2) is 0 Å². The van der Waals surface area contributed by atoms with E-state index in [9.17, 15) is 5.11 Å². The summed E-state index contributed by atoms with van der Waals surface area (Å²) < 4.78 is 6.69. The number of morpholine rings is 1. The molecule has 1 heterocycles. The second kappa shape index (κ2) is 6.02. The molecule has 0 aliphatic carbocycles. The Hall–Kier alpha value is -0.620. The van der Waals surface area contributed by atoms with E-state index in [1.54, 1.807) is 0 Å². The lowest BCUT2D eigenvalue weighted by molar-refractivity contribution is -0.0421. The summed E-state index contributed by atoms with van der Waals surface area (Å²) in [7, 11) is 0. The van der Waals surface area contributed by atoms with Crippen LogP contribution >= 0.6 is 15.9 Å². The predicted octanol–water partition coefficient (Wildman–Crippen LogP) is 1.49. The summed E-state index contributed by atoms with van der Waals surface area (Å²) in [5.41, 5.74) is 8.03. The third-order valence-corrected chi connectivity index (χ3v) is 3.63. The topological polar surface area (TPSA) is 58.7 Å². The third kappa shape index (κ3) is 3.03. The van der Waals surface area contributed by atoms with E-state index < -0.39 is 0 Å². The molecule has 0 bridgehead atoms. The molecule has 1 aromatic rings. The number of anilines is 1. The molecule has 0 saturated carbocycles. The fourth-order valence-electron chi connectivity index (χ4n) is 2.35. The van der Waals surface area contributed by atoms with E-state index in [0.29, 0.717) is 13.1 Å². The number of aliphatic hydroxyl groups is 1. The second-order valence-corrected chi connectivity index (χ2v) is 5.55. The van der Waals surface area contributed by atoms with Gasteiger partial charge in [0, 0.05) is 29.8 Å². The number of rotatable bonds is 3. The molecule has 2 unspecified atom stereocenters. The molecule has 0 aromatic heterocycles. The molecule has 0 radical (unpaired) electrons. The van der Waals surface area contributed by atoms with Crippen LogP contribution < -0.4 is 10.6 Å². The Labute approximate surface area is 116 Å². The summed E-state index contributed by atoms with van der Waals surface area (Å²) in [4.78, 5) is 2.24. The lowest BCUT2D eigenvalue weighted by Crippen LogP contribution is -2.48. The van der Waals surface area contributed by atoms with Gasteiger partial charge in [-0.2, -0.15) is 0 Å². The van der Waals surface area contributed by atoms with Crippen LogP contribution in [0.5, 0.6) is 0 Å². The van der Waals surface area contributed by atoms with Crippen molar-refractivity contribution in [3.63, 3.8) is 0 Å².